The number of aromatic amines is 1. The fourth-order valence-electron chi connectivity index (χ4n) is 18.5. The third kappa shape index (κ3) is 31.1. The highest BCUT2D eigenvalue weighted by atomic mass is 32.2. The zero-order valence-corrected chi connectivity index (χ0v) is 84.7. The summed E-state index contributed by atoms with van der Waals surface area (Å²) >= 11 is 0.840. The molecule has 38 nitrogen and oxygen atoms in total. The number of H-pyrrole nitrogens is 1. The fraction of sp³-hybridized carbons (Fsp3) is 0.604. The molecule has 40 heteroatoms. The van der Waals surface area contributed by atoms with Crippen LogP contribution < -0.4 is 64.6 Å². The van der Waals surface area contributed by atoms with Gasteiger partial charge in [-0.2, -0.15) is 0 Å². The van der Waals surface area contributed by atoms with Crippen molar-refractivity contribution < 1.29 is 95.8 Å². The number of aliphatic hydroxyl groups excluding tert-OH is 1. The predicted molar refractivity (Wildman–Crippen MR) is 529 cm³/mol. The SMILES string of the molecule is CCCC[C@H]1C(=O)N(C)[C@@H](CCCC)C(=O)N[C@@H](CC(C)C)C(=O)N[C@H](C(N)=O)CSCC(=O)N[C@@H](Cc2ccc(F)cc2)C(=O)N2CCCC[C@H]2C(=O)N[C@@H](CC(N)=O)C(=O)N2CCC[C@H]2C(=O)N[C@@H](CCC(=O)C(C)(C)C)C(=O)N[C@@H](CC(C)C)C(=O)N2C[C@H](O)C[C@H]2C(=O)N[C@@H](Cc2c[nH]c3ccccc23)C(=O)N[C@@H](CCNC(=O)C(C)(C)C)C(=O)N[C@@H](Cc2cn(C)c3ccccc23)C(=O)N1C. The summed E-state index contributed by atoms with van der Waals surface area (Å²) in [5, 5.41) is 40.8. The van der Waals surface area contributed by atoms with Gasteiger partial charge in [-0.3, -0.25) is 86.3 Å². The van der Waals surface area contributed by atoms with E-state index in [4.69, 9.17) is 11.5 Å². The summed E-state index contributed by atoms with van der Waals surface area (Å²) in [5.74, 6) is -17.1. The fourth-order valence-corrected chi connectivity index (χ4v) is 19.3. The third-order valence-corrected chi connectivity index (χ3v) is 27.5. The number of Topliss-reactive ketones (excluding diaryl/α,β-unsaturated/α-hetero) is 1. The number of hydrogen-bond donors (Lipinski definition) is 14. The molecule has 4 aliphatic heterocycles. The zero-order chi connectivity index (χ0) is 104. The molecule has 772 valence electrons. The minimum absolute atomic E-state index is 0.00580. The number of fused-ring (bicyclic) bond motifs is 5. The Morgan fingerprint density at radius 2 is 1.02 bits per heavy atom. The first-order chi connectivity index (χ1) is 66.6. The first-order valence-corrected chi connectivity index (χ1v) is 50.4. The number of primary amides is 2. The van der Waals surface area contributed by atoms with Crippen LogP contribution in [-0.2, 0) is 113 Å². The minimum Gasteiger partial charge on any atom is -0.391 e. The van der Waals surface area contributed by atoms with Gasteiger partial charge in [0, 0.05) is 130 Å². The number of rotatable bonds is 25. The van der Waals surface area contributed by atoms with Crippen molar-refractivity contribution in [3.63, 3.8) is 0 Å². The second-order valence-electron chi connectivity index (χ2n) is 40.7. The number of aliphatic hydroxyl groups is 1. The topological polar surface area (TPSA) is 537 Å². The van der Waals surface area contributed by atoms with Gasteiger partial charge in [0.15, 0.2) is 0 Å². The van der Waals surface area contributed by atoms with Gasteiger partial charge < -0.3 is 104 Å². The van der Waals surface area contributed by atoms with E-state index in [-0.39, 0.29) is 121 Å². The van der Waals surface area contributed by atoms with Crippen LogP contribution in [0.5, 0.6) is 0 Å². The highest BCUT2D eigenvalue weighted by molar-refractivity contribution is 8.00. The smallest absolute Gasteiger partial charge is 0.246 e. The lowest BCUT2D eigenvalue weighted by Crippen LogP contribution is -2.61. The highest BCUT2D eigenvalue weighted by Gasteiger charge is 2.48. The average molecular weight is 1980 g/mol. The predicted octanol–water partition coefficient (Wildman–Crippen LogP) is 3.71. The van der Waals surface area contributed by atoms with E-state index in [2.05, 4.69) is 58.2 Å². The number of hydrogen-bond acceptors (Lipinski definition) is 20. The molecule has 15 atom stereocenters. The van der Waals surface area contributed by atoms with Gasteiger partial charge in [0.25, 0.3) is 0 Å². The molecule has 2 aromatic heterocycles. The van der Waals surface area contributed by atoms with E-state index in [1.54, 1.807) is 119 Å². The Kier molecular flexibility index (Phi) is 40.9. The number of carbonyl (C=O) groups excluding carboxylic acids is 18. The van der Waals surface area contributed by atoms with E-state index in [1.165, 1.54) is 40.9 Å². The van der Waals surface area contributed by atoms with Crippen molar-refractivity contribution in [2.75, 3.05) is 51.8 Å². The summed E-state index contributed by atoms with van der Waals surface area (Å²) in [7, 11) is 4.61. The van der Waals surface area contributed by atoms with Gasteiger partial charge in [-0.15, -0.1) is 11.8 Å². The van der Waals surface area contributed by atoms with Crippen LogP contribution in [0, 0.1) is 28.5 Å². The Balaban J connectivity index is 1.13. The molecule has 0 bridgehead atoms. The minimum atomic E-state index is -1.77. The van der Waals surface area contributed by atoms with Gasteiger partial charge in [0.05, 0.1) is 18.3 Å². The van der Waals surface area contributed by atoms with Gasteiger partial charge in [0.1, 0.15) is 96.2 Å². The first-order valence-electron chi connectivity index (χ1n) is 49.2. The molecule has 0 unspecified atom stereocenters. The number of aromatic nitrogens is 2. The molecular weight excluding hydrogens is 1830 g/mol. The molecule has 16 N–H and O–H groups in total. The lowest BCUT2D eigenvalue weighted by molar-refractivity contribution is -0.149. The highest BCUT2D eigenvalue weighted by Crippen LogP contribution is 2.31. The molecule has 4 aliphatic rings. The molecule has 4 fully saturated rings. The molecule has 9 rings (SSSR count). The van der Waals surface area contributed by atoms with Gasteiger partial charge in [-0.1, -0.05) is 157 Å². The van der Waals surface area contributed by atoms with Crippen molar-refractivity contribution >= 4 is 140 Å². The second kappa shape index (κ2) is 51.4. The average Bonchev–Trinajstić information content (AvgIpc) is 1.65. The molecule has 4 saturated heterocycles. The molecular formula is C101H146FN19O19S. The Bertz CT molecular complexity index is 5320. The van der Waals surface area contributed by atoms with Crippen LogP contribution in [0.25, 0.3) is 21.8 Å². The zero-order valence-electron chi connectivity index (χ0n) is 83.9. The maximum absolute atomic E-state index is 16.1. The maximum Gasteiger partial charge on any atom is 0.246 e. The third-order valence-electron chi connectivity index (χ3n) is 26.4. The van der Waals surface area contributed by atoms with Crippen molar-refractivity contribution in [2.45, 2.75) is 309 Å². The van der Waals surface area contributed by atoms with Crippen molar-refractivity contribution in [3.05, 3.63) is 108 Å². The number of aryl methyl sites for hydroxylation is 1. The molecule has 0 radical (unpaired) electrons. The van der Waals surface area contributed by atoms with Crippen molar-refractivity contribution in [3.8, 4) is 0 Å². The Morgan fingerprint density at radius 1 is 0.511 bits per heavy atom. The monoisotopic (exact) mass is 1980 g/mol. The van der Waals surface area contributed by atoms with Crippen LogP contribution in [0.3, 0.4) is 0 Å². The van der Waals surface area contributed by atoms with E-state index >= 15 is 52.7 Å². The van der Waals surface area contributed by atoms with E-state index < -0.39 is 239 Å². The number of nitrogens with zero attached hydrogens (tertiary/aromatic N) is 6. The van der Waals surface area contributed by atoms with E-state index in [9.17, 15) is 43.1 Å². The van der Waals surface area contributed by atoms with Crippen LogP contribution in [-0.4, -0.2) is 288 Å². The summed E-state index contributed by atoms with van der Waals surface area (Å²) in [4.78, 5) is 278. The van der Waals surface area contributed by atoms with Crippen LogP contribution in [0.1, 0.15) is 215 Å². The van der Waals surface area contributed by atoms with E-state index in [0.29, 0.717) is 71.5 Å². The summed E-state index contributed by atoms with van der Waals surface area (Å²) < 4.78 is 16.3. The molecule has 5 aromatic rings. The lowest BCUT2D eigenvalue weighted by atomic mass is 9.87. The summed E-state index contributed by atoms with van der Waals surface area (Å²) in [6.45, 7) is 19.9. The van der Waals surface area contributed by atoms with Crippen molar-refractivity contribution in [1.29, 1.82) is 0 Å². The molecule has 141 heavy (non-hydrogen) atoms. The Labute approximate surface area is 827 Å². The number of ketones is 1. The van der Waals surface area contributed by atoms with Crippen LogP contribution in [0.4, 0.5) is 4.39 Å². The standard InChI is InChI=1S/C101H146FN19O19S/c1-16-18-30-77-90(131)110-69(45-57(3)4)88(129)115-75(85(104)126)55-141-56-84(125)107-72(47-59-35-37-62(102)38-36-59)95(136)119-43-25-24-33-78(119)92(133)114-74(51-83(103)124)96(137)120-44-26-34-79(120)91(132)109-67(39-40-82(123)100(7,8)9)86(127)112-71(46-58(5)6)97(138)121-54-63(122)50-81(121)93(134)111-70(48-60-52-106-66-29-22-20-27-64(60)66)89(130)108-68(41-42-105-99(140)101(10,11)12)87(128)113-73(49-61-53-116(13)76-32-23-21-28-65(61)76)94(135)118(15)80(31-19-17-2)98(139)117(77)14/h20-23,27-29,32,35-38,52-53,57-58,63,67-75,77-81,106,122H,16-19,24-26,30-31,33-34,39-51,54-56H2,1-15H3,(H2,103,124)(H2,104,126)(H,105,140)(H,107,125)(H,108,130)(H,109,132)(H,110,131)(H,111,134)(H,112,127)(H,113,128)(H,114,133)(H,115,129)/t63-,67+,68+,69+,70+,71+,72+,73+,74+,75+,77+,78+,79+,80+,81+/m1/s1. The Morgan fingerprint density at radius 3 is 1.65 bits per heavy atom. The summed E-state index contributed by atoms with van der Waals surface area (Å²) in [5.41, 5.74) is 12.7. The van der Waals surface area contributed by atoms with Crippen LogP contribution in [0.2, 0.25) is 0 Å². The summed E-state index contributed by atoms with van der Waals surface area (Å²) in [6, 6.07) is -1.55. The quantitative estimate of drug-likeness (QED) is 0.0396. The first kappa shape index (κ1) is 112. The van der Waals surface area contributed by atoms with Crippen molar-refractivity contribution in [1.82, 2.24) is 87.2 Å². The molecule has 0 saturated carbocycles. The number of nitrogens with two attached hydrogens (primary N) is 2. The number of likely N-dealkylation sites (N-methyl/N-ethyl adjacent to an activating group) is 2. The normalized spacial score (nSPS) is 25.0. The molecule has 0 spiro atoms. The number of nitrogens with one attached hydrogen (secondary N) is 11. The largest absolute Gasteiger partial charge is 0.391 e. The lowest BCUT2D eigenvalue weighted by Gasteiger charge is -2.38. The number of para-hydroxylation sites is 2. The van der Waals surface area contributed by atoms with E-state index in [0.717, 1.165) is 39.2 Å². The number of thioether (sulfide) groups is 1. The molecule has 17 amide bonds. The van der Waals surface area contributed by atoms with Gasteiger partial charge in [-0.05, 0) is 123 Å². The van der Waals surface area contributed by atoms with Crippen molar-refractivity contribution in [2.24, 2.45) is 41.2 Å². The molecule has 6 heterocycles. The number of halogens is 1. The Hall–Kier alpha value is -12.4. The van der Waals surface area contributed by atoms with Crippen LogP contribution >= 0.6 is 11.8 Å². The van der Waals surface area contributed by atoms with Gasteiger partial charge >= 0.3 is 0 Å². The number of unbranched alkanes of at least 4 members (excludes halogenated alkanes) is 2. The van der Waals surface area contributed by atoms with Gasteiger partial charge in [0.2, 0.25) is 100 Å². The second-order valence-corrected chi connectivity index (χ2v) is 41.7. The number of carbonyl (C=O) groups is 18. The number of amides is 17. The summed E-state index contributed by atoms with van der Waals surface area (Å²) in [6.07, 6.45) is 1.73. The van der Waals surface area contributed by atoms with Crippen LogP contribution in [0.15, 0.2) is 85.2 Å². The van der Waals surface area contributed by atoms with Gasteiger partial charge in [-0.25, -0.2) is 4.39 Å². The van der Waals surface area contributed by atoms with E-state index in [1.807, 2.05) is 36.6 Å². The molecule has 0 aliphatic carbocycles. The maximum atomic E-state index is 16.1. The number of benzene rings is 3. The molecule has 3 aromatic carbocycles. The number of piperidine rings is 1.